The molecule has 4 atom stereocenters. The summed E-state index contributed by atoms with van der Waals surface area (Å²) in [4.78, 5) is 25.5. The molecule has 31 heavy (non-hydrogen) atoms. The van der Waals surface area contributed by atoms with E-state index in [0.29, 0.717) is 41.5 Å². The number of nitriles is 1. The van der Waals surface area contributed by atoms with Crippen LogP contribution in [0, 0.1) is 34.5 Å². The molecular formula is C23H26N6O2. The van der Waals surface area contributed by atoms with E-state index in [1.807, 2.05) is 12.1 Å². The van der Waals surface area contributed by atoms with E-state index in [1.54, 1.807) is 19.5 Å². The second kappa shape index (κ2) is 7.80. The van der Waals surface area contributed by atoms with Gasteiger partial charge in [-0.25, -0.2) is 9.97 Å². The number of Topliss-reactive ketones (excluding diaryl/α,β-unsaturated/α-hetero) is 1. The molecule has 4 saturated carbocycles. The van der Waals surface area contributed by atoms with Crippen molar-refractivity contribution in [3.63, 3.8) is 0 Å². The minimum atomic E-state index is 0.138. The van der Waals surface area contributed by atoms with Gasteiger partial charge in [0.15, 0.2) is 0 Å². The number of ether oxygens (including phenoxy) is 1. The number of carbonyl (C=O) groups is 1. The Morgan fingerprint density at radius 3 is 2.77 bits per heavy atom. The van der Waals surface area contributed by atoms with E-state index in [2.05, 4.69) is 31.7 Å². The highest BCUT2D eigenvalue weighted by atomic mass is 16.5. The molecule has 8 heteroatoms. The lowest BCUT2D eigenvalue weighted by atomic mass is 9.49. The predicted octanol–water partition coefficient (Wildman–Crippen LogP) is 3.17. The number of hydrogen-bond donors (Lipinski definition) is 2. The fourth-order valence-corrected chi connectivity index (χ4v) is 6.00. The van der Waals surface area contributed by atoms with Crippen molar-refractivity contribution in [1.82, 2.24) is 15.0 Å². The fourth-order valence-electron chi connectivity index (χ4n) is 6.00. The average molecular weight is 419 g/mol. The fraction of sp³-hybridized carbons (Fsp3) is 0.522. The average Bonchev–Trinajstić information content (AvgIpc) is 2.79. The molecule has 4 aliphatic rings. The van der Waals surface area contributed by atoms with Gasteiger partial charge in [-0.15, -0.1) is 0 Å². The number of nitrogens with one attached hydrogen (secondary N) is 2. The molecule has 0 radical (unpaired) electrons. The van der Waals surface area contributed by atoms with E-state index < -0.39 is 0 Å². The first kappa shape index (κ1) is 19.7. The van der Waals surface area contributed by atoms with Crippen molar-refractivity contribution in [3.05, 3.63) is 35.7 Å². The highest BCUT2D eigenvalue weighted by Crippen LogP contribution is 2.58. The van der Waals surface area contributed by atoms with Crippen molar-refractivity contribution in [2.45, 2.75) is 38.6 Å². The van der Waals surface area contributed by atoms with Gasteiger partial charge in [0.05, 0.1) is 13.3 Å². The molecule has 160 valence electrons. The zero-order valence-electron chi connectivity index (χ0n) is 17.6. The predicted molar refractivity (Wildman–Crippen MR) is 114 cm³/mol. The molecule has 0 amide bonds. The summed E-state index contributed by atoms with van der Waals surface area (Å²) in [6, 6.07) is 5.96. The zero-order valence-corrected chi connectivity index (χ0v) is 17.6. The Balaban J connectivity index is 1.29. The lowest BCUT2D eigenvalue weighted by Gasteiger charge is -2.55. The number of methoxy groups -OCH3 is 1. The van der Waals surface area contributed by atoms with E-state index >= 15 is 0 Å². The van der Waals surface area contributed by atoms with Crippen LogP contribution in [0.5, 0.6) is 5.88 Å². The third-order valence-electron chi connectivity index (χ3n) is 7.14. The van der Waals surface area contributed by atoms with Crippen molar-refractivity contribution in [1.29, 1.82) is 5.26 Å². The first-order chi connectivity index (χ1) is 15.1. The quantitative estimate of drug-likeness (QED) is 0.705. The maximum atomic E-state index is 12.5. The summed E-state index contributed by atoms with van der Waals surface area (Å²) in [7, 11) is 1.59. The summed E-state index contributed by atoms with van der Waals surface area (Å²) >= 11 is 0. The van der Waals surface area contributed by atoms with Crippen LogP contribution in [0.2, 0.25) is 0 Å². The first-order valence-electron chi connectivity index (χ1n) is 10.9. The van der Waals surface area contributed by atoms with Gasteiger partial charge in [0.25, 0.3) is 0 Å². The maximum Gasteiger partial charge on any atom is 0.224 e. The maximum absolute atomic E-state index is 12.5. The minimum Gasteiger partial charge on any atom is -0.481 e. The highest BCUT2D eigenvalue weighted by Gasteiger charge is 2.54. The van der Waals surface area contributed by atoms with Crippen LogP contribution in [0.15, 0.2) is 24.5 Å². The number of ketones is 1. The summed E-state index contributed by atoms with van der Waals surface area (Å²) < 4.78 is 5.29. The summed E-state index contributed by atoms with van der Waals surface area (Å²) in [5.74, 6) is 3.17. The van der Waals surface area contributed by atoms with Crippen molar-refractivity contribution < 1.29 is 9.53 Å². The molecule has 0 aliphatic heterocycles. The summed E-state index contributed by atoms with van der Waals surface area (Å²) in [5.41, 5.74) is 1.45. The normalized spacial score (nSPS) is 28.3. The molecule has 4 bridgehead atoms. The van der Waals surface area contributed by atoms with Gasteiger partial charge in [-0.3, -0.25) is 4.79 Å². The van der Waals surface area contributed by atoms with E-state index in [9.17, 15) is 10.1 Å². The molecule has 2 aromatic rings. The molecule has 0 spiro atoms. The van der Waals surface area contributed by atoms with Crippen LogP contribution in [0.4, 0.5) is 11.8 Å². The van der Waals surface area contributed by atoms with Crippen molar-refractivity contribution in [2.75, 3.05) is 24.3 Å². The van der Waals surface area contributed by atoms with Gasteiger partial charge in [-0.1, -0.05) is 6.07 Å². The summed E-state index contributed by atoms with van der Waals surface area (Å²) in [6.45, 7) is 1.20. The first-order valence-corrected chi connectivity index (χ1v) is 10.9. The Kier molecular flexibility index (Phi) is 4.97. The Morgan fingerprint density at radius 2 is 2.03 bits per heavy atom. The molecule has 2 heterocycles. The Hall–Kier alpha value is -3.21. The van der Waals surface area contributed by atoms with Crippen LogP contribution >= 0.6 is 0 Å². The molecule has 2 aromatic heterocycles. The number of carbonyl (C=O) groups excluding carboxylic acids is 1. The largest absolute Gasteiger partial charge is 0.481 e. The van der Waals surface area contributed by atoms with Gasteiger partial charge in [-0.05, 0) is 49.5 Å². The Bertz CT molecular complexity index is 1030. The number of rotatable bonds is 7. The molecule has 8 nitrogen and oxygen atoms in total. The number of anilines is 2. The lowest BCUT2D eigenvalue weighted by Crippen LogP contribution is -2.53. The zero-order chi connectivity index (χ0) is 21.4. The topological polar surface area (TPSA) is 113 Å². The Morgan fingerprint density at radius 1 is 1.23 bits per heavy atom. The van der Waals surface area contributed by atoms with Gasteiger partial charge in [0, 0.05) is 36.7 Å². The summed E-state index contributed by atoms with van der Waals surface area (Å²) in [5, 5.41) is 16.1. The van der Waals surface area contributed by atoms with Crippen LogP contribution in [-0.2, 0) is 11.3 Å². The lowest BCUT2D eigenvalue weighted by molar-refractivity contribution is -0.146. The second-order valence-electron chi connectivity index (χ2n) is 9.19. The molecule has 1 unspecified atom stereocenters. The van der Waals surface area contributed by atoms with E-state index in [4.69, 9.17) is 4.74 Å². The molecule has 6 rings (SSSR count). The highest BCUT2D eigenvalue weighted by molar-refractivity contribution is 5.85. The van der Waals surface area contributed by atoms with E-state index in [1.165, 1.54) is 6.42 Å². The van der Waals surface area contributed by atoms with Gasteiger partial charge in [0.1, 0.15) is 23.2 Å². The van der Waals surface area contributed by atoms with Gasteiger partial charge in [-0.2, -0.15) is 10.2 Å². The number of hydrogen-bond acceptors (Lipinski definition) is 8. The van der Waals surface area contributed by atoms with Crippen LogP contribution in [-0.4, -0.2) is 34.4 Å². The number of aromatic nitrogens is 3. The van der Waals surface area contributed by atoms with Crippen molar-refractivity contribution in [3.8, 4) is 11.9 Å². The molecule has 4 fully saturated rings. The van der Waals surface area contributed by atoms with Crippen LogP contribution in [0.3, 0.4) is 0 Å². The monoisotopic (exact) mass is 418 g/mol. The van der Waals surface area contributed by atoms with Crippen LogP contribution in [0.25, 0.3) is 0 Å². The van der Waals surface area contributed by atoms with Crippen LogP contribution < -0.4 is 15.4 Å². The van der Waals surface area contributed by atoms with Gasteiger partial charge in [0.2, 0.25) is 11.8 Å². The van der Waals surface area contributed by atoms with Crippen LogP contribution in [0.1, 0.15) is 43.2 Å². The number of nitrogens with zero attached hydrogens (tertiary/aromatic N) is 4. The third kappa shape index (κ3) is 3.69. The molecule has 0 saturated heterocycles. The molecular weight excluding hydrogens is 392 g/mol. The smallest absolute Gasteiger partial charge is 0.224 e. The summed E-state index contributed by atoms with van der Waals surface area (Å²) in [6.07, 6.45) is 8.45. The van der Waals surface area contributed by atoms with E-state index in [-0.39, 0.29) is 17.3 Å². The second-order valence-corrected chi connectivity index (χ2v) is 9.19. The van der Waals surface area contributed by atoms with Gasteiger partial charge < -0.3 is 15.4 Å². The van der Waals surface area contributed by atoms with Crippen molar-refractivity contribution >= 4 is 17.5 Å². The van der Waals surface area contributed by atoms with Gasteiger partial charge >= 0.3 is 0 Å². The number of pyridine rings is 1. The third-order valence-corrected chi connectivity index (χ3v) is 7.14. The molecule has 2 N–H and O–H groups in total. The minimum absolute atomic E-state index is 0.138. The SMILES string of the molecule is COc1ncccc1CNc1ncc(C#N)c(NC[C@]23CC4C[C@H](C2)C(=O)[C@@H](C4)C3)n1. The molecule has 0 aromatic carbocycles. The van der Waals surface area contributed by atoms with Crippen molar-refractivity contribution in [2.24, 2.45) is 23.2 Å². The molecule has 4 aliphatic carbocycles. The van der Waals surface area contributed by atoms with E-state index in [0.717, 1.165) is 37.8 Å². The Labute approximate surface area is 181 Å². The standard InChI is InChI=1S/C23H26N6O2/c1-31-21-15(3-2-4-25-21)11-26-22-27-12-18(10-24)20(29-22)28-13-23-7-14-5-16(8-23)19(30)17(6-14)9-23/h2-4,12,14,16-17H,5-9,11,13H2,1H3,(H2,26,27,28,29)/t14?,16-,17+,23-.